The topological polar surface area (TPSA) is 75.1 Å². The zero-order valence-electron chi connectivity index (χ0n) is 14.5. The first kappa shape index (κ1) is 17.7. The van der Waals surface area contributed by atoms with E-state index in [2.05, 4.69) is 15.3 Å². The molecular weight excluding hydrogens is 333 g/mol. The molecule has 0 saturated carbocycles. The minimum absolute atomic E-state index is 0.0456. The van der Waals surface area contributed by atoms with Crippen LogP contribution in [0.25, 0.3) is 11.3 Å². The molecule has 0 fully saturated rings. The lowest BCUT2D eigenvalue weighted by Gasteiger charge is -2.13. The fourth-order valence-corrected chi connectivity index (χ4v) is 2.80. The Balaban J connectivity index is 1.90. The van der Waals surface area contributed by atoms with E-state index in [4.69, 9.17) is 0 Å². The molecule has 3 rings (SSSR count). The molecule has 1 amide bonds. The van der Waals surface area contributed by atoms with E-state index in [-0.39, 0.29) is 12.4 Å². The molecule has 132 valence electrons. The number of hydrogen-bond acceptors (Lipinski definition) is 4. The van der Waals surface area contributed by atoms with Gasteiger partial charge in [-0.2, -0.15) is 0 Å². The third-order valence-electron chi connectivity index (χ3n) is 4.02. The number of nitrogens with zero attached hydrogens (tertiary/aromatic N) is 2. The summed E-state index contributed by atoms with van der Waals surface area (Å²) >= 11 is 0. The Morgan fingerprint density at radius 1 is 1.15 bits per heavy atom. The molecule has 1 heterocycles. The maximum atomic E-state index is 14.0. The van der Waals surface area contributed by atoms with Gasteiger partial charge in [0.25, 0.3) is 5.91 Å². The van der Waals surface area contributed by atoms with E-state index in [0.29, 0.717) is 16.9 Å². The normalized spacial score (nSPS) is 10.6. The lowest BCUT2D eigenvalue weighted by atomic mass is 10.0. The van der Waals surface area contributed by atoms with Gasteiger partial charge in [0.2, 0.25) is 5.82 Å². The predicted molar refractivity (Wildman–Crippen MR) is 97.2 cm³/mol. The molecule has 1 aromatic heterocycles. The van der Waals surface area contributed by atoms with Crippen LogP contribution in [0.3, 0.4) is 0 Å². The Bertz CT molecular complexity index is 950. The minimum Gasteiger partial charge on any atom is -0.392 e. The van der Waals surface area contributed by atoms with E-state index in [0.717, 1.165) is 16.7 Å². The molecule has 2 N–H and O–H groups in total. The molecule has 0 spiro atoms. The van der Waals surface area contributed by atoms with Crippen LogP contribution in [-0.2, 0) is 6.61 Å². The summed E-state index contributed by atoms with van der Waals surface area (Å²) < 4.78 is 14.0. The second-order valence-electron chi connectivity index (χ2n) is 5.96. The van der Waals surface area contributed by atoms with Gasteiger partial charge in [0, 0.05) is 17.4 Å². The van der Waals surface area contributed by atoms with Crippen molar-refractivity contribution in [1.82, 2.24) is 9.97 Å². The summed E-state index contributed by atoms with van der Waals surface area (Å²) in [6, 6.07) is 11.4. The SMILES string of the molecule is Cc1cc(CO)cc(C)c1NC(=O)c1nccc(-c2ccccc2F)n1. The van der Waals surface area contributed by atoms with E-state index >= 15 is 0 Å². The number of rotatable bonds is 4. The second kappa shape index (κ2) is 7.41. The summed E-state index contributed by atoms with van der Waals surface area (Å²) in [7, 11) is 0. The van der Waals surface area contributed by atoms with Gasteiger partial charge in [-0.3, -0.25) is 4.79 Å². The Morgan fingerprint density at radius 3 is 2.50 bits per heavy atom. The molecular formula is C20H18FN3O2. The van der Waals surface area contributed by atoms with E-state index in [1.165, 1.54) is 12.3 Å². The highest BCUT2D eigenvalue weighted by atomic mass is 19.1. The van der Waals surface area contributed by atoms with Crippen molar-refractivity contribution in [2.75, 3.05) is 5.32 Å². The van der Waals surface area contributed by atoms with Gasteiger partial charge >= 0.3 is 0 Å². The number of carbonyl (C=O) groups is 1. The molecule has 2 aromatic carbocycles. The first-order valence-electron chi connectivity index (χ1n) is 8.10. The van der Waals surface area contributed by atoms with E-state index in [1.54, 1.807) is 36.4 Å². The molecule has 0 aliphatic heterocycles. The molecule has 3 aromatic rings. The Hall–Kier alpha value is -3.12. The largest absolute Gasteiger partial charge is 0.392 e. The van der Waals surface area contributed by atoms with Crippen molar-refractivity contribution in [1.29, 1.82) is 0 Å². The zero-order chi connectivity index (χ0) is 18.7. The number of aryl methyl sites for hydroxylation is 2. The van der Waals surface area contributed by atoms with Gasteiger partial charge in [-0.25, -0.2) is 14.4 Å². The number of anilines is 1. The number of hydrogen-bond donors (Lipinski definition) is 2. The number of aliphatic hydroxyl groups excluding tert-OH is 1. The third-order valence-corrected chi connectivity index (χ3v) is 4.02. The first-order chi connectivity index (χ1) is 12.5. The van der Waals surface area contributed by atoms with Crippen molar-refractivity contribution >= 4 is 11.6 Å². The Morgan fingerprint density at radius 2 is 1.85 bits per heavy atom. The van der Waals surface area contributed by atoms with E-state index < -0.39 is 11.7 Å². The zero-order valence-corrected chi connectivity index (χ0v) is 14.5. The standard InChI is InChI=1S/C20H18FN3O2/c1-12-9-14(11-25)10-13(2)18(12)24-20(26)19-22-8-7-17(23-19)15-5-3-4-6-16(15)21/h3-10,25H,11H2,1-2H3,(H,24,26). The molecule has 26 heavy (non-hydrogen) atoms. The summed E-state index contributed by atoms with van der Waals surface area (Å²) in [6.45, 7) is 3.63. The lowest BCUT2D eigenvalue weighted by molar-refractivity contribution is 0.101. The van der Waals surface area contributed by atoms with Gasteiger partial charge < -0.3 is 10.4 Å². The van der Waals surface area contributed by atoms with Gasteiger partial charge in [-0.05, 0) is 48.7 Å². The van der Waals surface area contributed by atoms with Crippen LogP contribution < -0.4 is 5.32 Å². The molecule has 0 saturated heterocycles. The van der Waals surface area contributed by atoms with Crippen molar-refractivity contribution in [3.63, 3.8) is 0 Å². The van der Waals surface area contributed by atoms with Crippen LogP contribution in [0, 0.1) is 19.7 Å². The molecule has 6 heteroatoms. The predicted octanol–water partition coefficient (Wildman–Crippen LogP) is 3.64. The molecule has 0 unspecified atom stereocenters. The van der Waals surface area contributed by atoms with Crippen LogP contribution in [0.1, 0.15) is 27.3 Å². The monoisotopic (exact) mass is 351 g/mol. The van der Waals surface area contributed by atoms with Crippen LogP contribution >= 0.6 is 0 Å². The van der Waals surface area contributed by atoms with Crippen molar-refractivity contribution in [2.24, 2.45) is 0 Å². The maximum Gasteiger partial charge on any atom is 0.293 e. The number of aromatic nitrogens is 2. The third kappa shape index (κ3) is 3.60. The minimum atomic E-state index is -0.480. The molecule has 0 bridgehead atoms. The summed E-state index contributed by atoms with van der Waals surface area (Å²) in [5, 5.41) is 12.1. The number of benzene rings is 2. The number of carbonyl (C=O) groups excluding carboxylic acids is 1. The molecule has 5 nitrogen and oxygen atoms in total. The molecule has 0 radical (unpaired) electrons. The number of aliphatic hydroxyl groups is 1. The highest BCUT2D eigenvalue weighted by molar-refractivity contribution is 6.02. The Kier molecular flexibility index (Phi) is 5.04. The van der Waals surface area contributed by atoms with Gasteiger partial charge in [0.15, 0.2) is 0 Å². The average molecular weight is 351 g/mol. The number of amides is 1. The van der Waals surface area contributed by atoms with Crippen LogP contribution in [0.2, 0.25) is 0 Å². The quantitative estimate of drug-likeness (QED) is 0.752. The van der Waals surface area contributed by atoms with Gasteiger partial charge in [0.1, 0.15) is 5.82 Å². The number of halogens is 1. The number of nitrogens with one attached hydrogen (secondary N) is 1. The summed E-state index contributed by atoms with van der Waals surface area (Å²) in [4.78, 5) is 20.8. The van der Waals surface area contributed by atoms with Crippen molar-refractivity contribution < 1.29 is 14.3 Å². The summed E-state index contributed by atoms with van der Waals surface area (Å²) in [5.41, 5.74) is 3.72. The highest BCUT2D eigenvalue weighted by Gasteiger charge is 2.15. The van der Waals surface area contributed by atoms with Crippen molar-refractivity contribution in [3.05, 3.63) is 77.0 Å². The highest BCUT2D eigenvalue weighted by Crippen LogP contribution is 2.24. The van der Waals surface area contributed by atoms with Crippen LogP contribution in [-0.4, -0.2) is 21.0 Å². The molecule has 0 aliphatic rings. The Labute approximate surface area is 150 Å². The first-order valence-corrected chi connectivity index (χ1v) is 8.10. The summed E-state index contributed by atoms with van der Waals surface area (Å²) in [5.74, 6) is -0.939. The maximum absolute atomic E-state index is 14.0. The molecule has 0 aliphatic carbocycles. The van der Waals surface area contributed by atoms with Gasteiger partial charge in [-0.1, -0.05) is 24.3 Å². The second-order valence-corrected chi connectivity index (χ2v) is 5.96. The van der Waals surface area contributed by atoms with Crippen molar-refractivity contribution in [2.45, 2.75) is 20.5 Å². The summed E-state index contributed by atoms with van der Waals surface area (Å²) in [6.07, 6.45) is 1.43. The van der Waals surface area contributed by atoms with Gasteiger partial charge in [0.05, 0.1) is 12.3 Å². The van der Waals surface area contributed by atoms with Crippen LogP contribution in [0.15, 0.2) is 48.7 Å². The van der Waals surface area contributed by atoms with E-state index in [1.807, 2.05) is 13.8 Å². The van der Waals surface area contributed by atoms with Crippen LogP contribution in [0.4, 0.5) is 10.1 Å². The van der Waals surface area contributed by atoms with E-state index in [9.17, 15) is 14.3 Å². The fraction of sp³-hybridized carbons (Fsp3) is 0.150. The molecule has 0 atom stereocenters. The average Bonchev–Trinajstić information content (AvgIpc) is 2.64. The van der Waals surface area contributed by atoms with Crippen LogP contribution in [0.5, 0.6) is 0 Å². The van der Waals surface area contributed by atoms with Crippen molar-refractivity contribution in [3.8, 4) is 11.3 Å². The smallest absolute Gasteiger partial charge is 0.293 e. The fourth-order valence-electron chi connectivity index (χ4n) is 2.80. The van der Waals surface area contributed by atoms with Gasteiger partial charge in [-0.15, -0.1) is 0 Å². The lowest BCUT2D eigenvalue weighted by Crippen LogP contribution is -2.17.